The molecule has 1 aromatic heterocycles. The number of halogens is 1. The first kappa shape index (κ1) is 5.59. The van der Waals surface area contributed by atoms with E-state index in [-0.39, 0.29) is 5.22 Å². The first-order valence-electron chi connectivity index (χ1n) is 2.14. The van der Waals surface area contributed by atoms with Crippen molar-refractivity contribution in [1.29, 1.82) is 0 Å². The zero-order valence-electron chi connectivity index (χ0n) is 4.10. The summed E-state index contributed by atoms with van der Waals surface area (Å²) in [4.78, 5) is 0. The molecule has 0 radical (unpaired) electrons. The third kappa shape index (κ3) is 0.993. The highest BCUT2D eigenvalue weighted by Crippen LogP contribution is 2.07. The molecule has 0 aliphatic rings. The molecule has 0 saturated carbocycles. The van der Waals surface area contributed by atoms with Crippen LogP contribution in [0.2, 0.25) is 5.22 Å². The third-order valence-corrected chi connectivity index (χ3v) is 0.917. The predicted octanol–water partition coefficient (Wildman–Crippen LogP) is 0.787. The van der Waals surface area contributed by atoms with Crippen LogP contribution in [-0.4, -0.2) is 5.16 Å². The molecule has 3 nitrogen and oxygen atoms in total. The first-order valence-corrected chi connectivity index (χ1v) is 2.52. The van der Waals surface area contributed by atoms with Crippen LogP contribution in [0.15, 0.2) is 10.6 Å². The van der Waals surface area contributed by atoms with Crippen molar-refractivity contribution in [2.45, 2.75) is 6.54 Å². The van der Waals surface area contributed by atoms with E-state index < -0.39 is 0 Å². The highest BCUT2D eigenvalue weighted by molar-refractivity contribution is 6.28. The molecule has 0 amide bonds. The van der Waals surface area contributed by atoms with Gasteiger partial charge in [-0.2, -0.15) is 0 Å². The smallest absolute Gasteiger partial charge is 0.226 e. The lowest BCUT2D eigenvalue weighted by atomic mass is 10.4. The number of hydrogen-bond acceptors (Lipinski definition) is 3. The van der Waals surface area contributed by atoms with Gasteiger partial charge in [0.05, 0.1) is 5.69 Å². The molecule has 8 heavy (non-hydrogen) atoms. The fourth-order valence-corrected chi connectivity index (χ4v) is 0.543. The molecular formula is C4H5ClN2O. The van der Waals surface area contributed by atoms with Crippen molar-refractivity contribution in [3.63, 3.8) is 0 Å². The van der Waals surface area contributed by atoms with Gasteiger partial charge >= 0.3 is 0 Å². The van der Waals surface area contributed by atoms with Crippen molar-refractivity contribution in [3.8, 4) is 0 Å². The molecule has 1 heterocycles. The number of aromatic nitrogens is 1. The quantitative estimate of drug-likeness (QED) is 0.615. The number of nitrogens with two attached hydrogens (primary N) is 1. The van der Waals surface area contributed by atoms with E-state index in [1.807, 2.05) is 0 Å². The minimum absolute atomic E-state index is 0.283. The summed E-state index contributed by atoms with van der Waals surface area (Å²) >= 11 is 5.35. The Labute approximate surface area is 51.4 Å². The molecule has 0 spiro atoms. The molecule has 4 heteroatoms. The van der Waals surface area contributed by atoms with Crippen LogP contribution in [0.25, 0.3) is 0 Å². The van der Waals surface area contributed by atoms with Crippen LogP contribution in [0.5, 0.6) is 0 Å². The van der Waals surface area contributed by atoms with Gasteiger partial charge < -0.3 is 10.3 Å². The van der Waals surface area contributed by atoms with E-state index in [1.54, 1.807) is 6.07 Å². The Morgan fingerprint density at radius 1 is 1.88 bits per heavy atom. The summed E-state index contributed by atoms with van der Waals surface area (Å²) in [5, 5.41) is 3.79. The van der Waals surface area contributed by atoms with Crippen LogP contribution in [0.1, 0.15) is 5.69 Å². The van der Waals surface area contributed by atoms with E-state index in [0.717, 1.165) is 0 Å². The lowest BCUT2D eigenvalue weighted by Crippen LogP contribution is -1.94. The largest absolute Gasteiger partial charge is 0.344 e. The molecule has 0 saturated heterocycles. The molecule has 0 aromatic carbocycles. The summed E-state index contributed by atoms with van der Waals surface area (Å²) in [6, 6.07) is 1.58. The van der Waals surface area contributed by atoms with Crippen molar-refractivity contribution >= 4 is 11.6 Å². The maximum absolute atomic E-state index is 5.35. The van der Waals surface area contributed by atoms with Crippen molar-refractivity contribution in [1.82, 2.24) is 5.16 Å². The predicted molar refractivity (Wildman–Crippen MR) is 29.4 cm³/mol. The monoisotopic (exact) mass is 132 g/mol. The Hall–Kier alpha value is -0.540. The molecule has 0 bridgehead atoms. The van der Waals surface area contributed by atoms with Gasteiger partial charge in [0.25, 0.3) is 0 Å². The number of nitrogens with zero attached hydrogens (tertiary/aromatic N) is 1. The lowest BCUT2D eigenvalue weighted by Gasteiger charge is -1.75. The summed E-state index contributed by atoms with van der Waals surface area (Å²) in [5.74, 6) is 0. The zero-order valence-corrected chi connectivity index (χ0v) is 4.85. The van der Waals surface area contributed by atoms with Gasteiger partial charge in [0, 0.05) is 12.6 Å². The second kappa shape index (κ2) is 2.15. The molecule has 1 rings (SSSR count). The van der Waals surface area contributed by atoms with Crippen LogP contribution < -0.4 is 5.73 Å². The zero-order chi connectivity index (χ0) is 5.98. The van der Waals surface area contributed by atoms with Gasteiger partial charge in [0.1, 0.15) is 0 Å². The van der Waals surface area contributed by atoms with Crippen LogP contribution in [0.3, 0.4) is 0 Å². The Morgan fingerprint density at radius 2 is 2.62 bits per heavy atom. The summed E-state index contributed by atoms with van der Waals surface area (Å²) in [7, 11) is 0. The summed E-state index contributed by atoms with van der Waals surface area (Å²) in [6.07, 6.45) is 0. The standard InChI is InChI=1S/C4H5ClN2O/c5-4-1-3(2-6)7-8-4/h1H,2,6H2. The van der Waals surface area contributed by atoms with Crippen LogP contribution in [-0.2, 0) is 6.54 Å². The topological polar surface area (TPSA) is 52.0 Å². The molecular weight excluding hydrogens is 128 g/mol. The highest BCUT2D eigenvalue weighted by Gasteiger charge is 1.95. The molecule has 0 fully saturated rings. The van der Waals surface area contributed by atoms with Gasteiger partial charge in [0.15, 0.2) is 0 Å². The second-order valence-corrected chi connectivity index (χ2v) is 1.70. The Balaban J connectivity index is 2.84. The minimum Gasteiger partial charge on any atom is -0.344 e. The second-order valence-electron chi connectivity index (χ2n) is 1.33. The lowest BCUT2D eigenvalue weighted by molar-refractivity contribution is 0.414. The van der Waals surface area contributed by atoms with E-state index in [4.69, 9.17) is 17.3 Å². The van der Waals surface area contributed by atoms with Crippen molar-refractivity contribution in [2.24, 2.45) is 5.73 Å². The molecule has 0 unspecified atom stereocenters. The van der Waals surface area contributed by atoms with Crippen molar-refractivity contribution in [3.05, 3.63) is 17.0 Å². The SMILES string of the molecule is NCc1cc(Cl)on1. The maximum atomic E-state index is 5.35. The van der Waals surface area contributed by atoms with Gasteiger partial charge in [-0.25, -0.2) is 0 Å². The van der Waals surface area contributed by atoms with Crippen molar-refractivity contribution < 1.29 is 4.52 Å². The average molecular weight is 133 g/mol. The summed E-state index contributed by atoms with van der Waals surface area (Å²) < 4.78 is 4.49. The van der Waals surface area contributed by atoms with Gasteiger partial charge in [0.2, 0.25) is 5.22 Å². The van der Waals surface area contributed by atoms with E-state index in [9.17, 15) is 0 Å². The Morgan fingerprint density at radius 3 is 2.88 bits per heavy atom. The van der Waals surface area contributed by atoms with E-state index in [2.05, 4.69) is 9.68 Å². The minimum atomic E-state index is 0.283. The highest BCUT2D eigenvalue weighted by atomic mass is 35.5. The molecule has 0 aliphatic heterocycles. The van der Waals surface area contributed by atoms with Crippen LogP contribution >= 0.6 is 11.6 Å². The molecule has 0 aliphatic carbocycles. The number of rotatable bonds is 1. The van der Waals surface area contributed by atoms with E-state index in [1.165, 1.54) is 0 Å². The fourth-order valence-electron chi connectivity index (χ4n) is 0.382. The van der Waals surface area contributed by atoms with Crippen LogP contribution in [0, 0.1) is 0 Å². The van der Waals surface area contributed by atoms with Gasteiger partial charge in [-0.3, -0.25) is 0 Å². The third-order valence-electron chi connectivity index (χ3n) is 0.739. The molecule has 44 valence electrons. The van der Waals surface area contributed by atoms with E-state index >= 15 is 0 Å². The normalized spacial score (nSPS) is 9.75. The number of hydrogen-bond donors (Lipinski definition) is 1. The first-order chi connectivity index (χ1) is 3.83. The van der Waals surface area contributed by atoms with Gasteiger partial charge in [-0.1, -0.05) is 5.16 Å². The fraction of sp³-hybridized carbons (Fsp3) is 0.250. The van der Waals surface area contributed by atoms with E-state index in [0.29, 0.717) is 12.2 Å². The molecule has 0 atom stereocenters. The van der Waals surface area contributed by atoms with Gasteiger partial charge in [-0.15, -0.1) is 0 Å². The summed E-state index contributed by atoms with van der Waals surface area (Å²) in [5.41, 5.74) is 5.86. The molecule has 2 N–H and O–H groups in total. The van der Waals surface area contributed by atoms with Gasteiger partial charge in [-0.05, 0) is 11.6 Å². The molecule has 1 aromatic rings. The van der Waals surface area contributed by atoms with Crippen LogP contribution in [0.4, 0.5) is 0 Å². The Kier molecular flexibility index (Phi) is 1.50. The summed E-state index contributed by atoms with van der Waals surface area (Å²) in [6.45, 7) is 0.371. The Bertz CT molecular complexity index is 174. The maximum Gasteiger partial charge on any atom is 0.226 e. The van der Waals surface area contributed by atoms with Crippen molar-refractivity contribution in [2.75, 3.05) is 0 Å². The average Bonchev–Trinajstić information content (AvgIpc) is 2.14.